The van der Waals surface area contributed by atoms with E-state index in [-0.39, 0.29) is 41.4 Å². The summed E-state index contributed by atoms with van der Waals surface area (Å²) >= 11 is 1.58. The van der Waals surface area contributed by atoms with Crippen molar-refractivity contribution in [2.45, 2.75) is 45.8 Å². The Bertz CT molecular complexity index is 1130. The van der Waals surface area contributed by atoms with Gasteiger partial charge in [-0.25, -0.2) is 0 Å². The summed E-state index contributed by atoms with van der Waals surface area (Å²) in [6.07, 6.45) is 4.32. The first-order valence-corrected chi connectivity index (χ1v) is 12.5. The number of amides is 2. The van der Waals surface area contributed by atoms with Gasteiger partial charge in [-0.05, 0) is 56.2 Å². The molecule has 3 heterocycles. The van der Waals surface area contributed by atoms with Crippen molar-refractivity contribution in [3.63, 3.8) is 0 Å². The van der Waals surface area contributed by atoms with Gasteiger partial charge >= 0.3 is 0 Å². The van der Waals surface area contributed by atoms with Gasteiger partial charge in [-0.15, -0.1) is 11.3 Å². The van der Waals surface area contributed by atoms with Crippen LogP contribution in [0.5, 0.6) is 5.75 Å². The number of imide groups is 1. The van der Waals surface area contributed by atoms with Gasteiger partial charge in [-0.1, -0.05) is 41.5 Å². The first kappa shape index (κ1) is 22.1. The Morgan fingerprint density at radius 1 is 1.18 bits per heavy atom. The first-order chi connectivity index (χ1) is 15.9. The van der Waals surface area contributed by atoms with Crippen LogP contribution >= 0.6 is 11.3 Å². The molecule has 1 aromatic carbocycles. The van der Waals surface area contributed by atoms with E-state index in [0.29, 0.717) is 19.6 Å². The molecule has 1 aromatic heterocycles. The Morgan fingerprint density at radius 3 is 2.76 bits per heavy atom. The van der Waals surface area contributed by atoms with E-state index in [1.165, 1.54) is 21.6 Å². The Kier molecular flexibility index (Phi) is 5.97. The number of phenols is 1. The third-order valence-corrected chi connectivity index (χ3v) is 8.14. The molecule has 2 aromatic rings. The van der Waals surface area contributed by atoms with Gasteiger partial charge in [0.2, 0.25) is 11.8 Å². The van der Waals surface area contributed by atoms with Crippen LogP contribution in [-0.2, 0) is 20.9 Å². The van der Waals surface area contributed by atoms with Crippen molar-refractivity contribution in [2.24, 2.45) is 17.8 Å². The standard InChI is InChI=1S/C27H29NO4S/c1-16(12-18-6-3-4-8-22(18)29)9-10-23-24-17(2)13-20-25(21(24)15-32-23)27(31)28(26(20)30)14-19-7-5-11-33-19/h3-8,11-12,20-21,23,25,29H,9-10,13-15H2,1-2H3/b16-12+/t20-,21+,23-,25-/m1/s1. The topological polar surface area (TPSA) is 66.8 Å². The number of para-hydroxylation sites is 1. The van der Waals surface area contributed by atoms with E-state index >= 15 is 0 Å². The quantitative estimate of drug-likeness (QED) is 0.474. The highest BCUT2D eigenvalue weighted by Crippen LogP contribution is 2.50. The van der Waals surface area contributed by atoms with Crippen LogP contribution in [0.1, 0.15) is 43.6 Å². The molecule has 2 amide bonds. The molecule has 0 saturated carbocycles. The minimum Gasteiger partial charge on any atom is -0.507 e. The van der Waals surface area contributed by atoms with Crippen LogP contribution in [0.25, 0.3) is 6.08 Å². The molecule has 33 heavy (non-hydrogen) atoms. The van der Waals surface area contributed by atoms with Crippen molar-refractivity contribution in [1.29, 1.82) is 0 Å². The number of hydrogen-bond acceptors (Lipinski definition) is 5. The number of nitrogens with zero attached hydrogens (tertiary/aromatic N) is 1. The summed E-state index contributed by atoms with van der Waals surface area (Å²) in [6, 6.07) is 11.3. The molecule has 0 unspecified atom stereocenters. The zero-order valence-electron chi connectivity index (χ0n) is 19.0. The molecule has 2 aliphatic heterocycles. The summed E-state index contributed by atoms with van der Waals surface area (Å²) in [5, 5.41) is 12.0. The summed E-state index contributed by atoms with van der Waals surface area (Å²) in [5.41, 5.74) is 4.44. The van der Waals surface area contributed by atoms with Crippen molar-refractivity contribution >= 4 is 29.2 Å². The molecule has 2 saturated heterocycles. The van der Waals surface area contributed by atoms with Gasteiger partial charge in [0.25, 0.3) is 0 Å². The normalized spacial score (nSPS) is 27.3. The van der Waals surface area contributed by atoms with Crippen LogP contribution in [0.4, 0.5) is 0 Å². The molecule has 2 fully saturated rings. The fourth-order valence-electron chi connectivity index (χ4n) is 5.71. The molecule has 1 aliphatic carbocycles. The van der Waals surface area contributed by atoms with Gasteiger partial charge < -0.3 is 9.84 Å². The average molecular weight is 464 g/mol. The summed E-state index contributed by atoms with van der Waals surface area (Å²) in [5.74, 6) is -0.325. The largest absolute Gasteiger partial charge is 0.507 e. The number of aromatic hydroxyl groups is 1. The number of ether oxygens (including phenoxy) is 1. The number of carbonyl (C=O) groups excluding carboxylic acids is 2. The predicted molar refractivity (Wildman–Crippen MR) is 128 cm³/mol. The van der Waals surface area contributed by atoms with E-state index in [2.05, 4.69) is 13.8 Å². The number of thiophene rings is 1. The Hall–Kier alpha value is -2.70. The molecule has 5 rings (SSSR count). The van der Waals surface area contributed by atoms with Gasteiger partial charge in [0, 0.05) is 16.4 Å². The van der Waals surface area contributed by atoms with Crippen LogP contribution in [0.15, 0.2) is 58.5 Å². The van der Waals surface area contributed by atoms with Crippen LogP contribution < -0.4 is 0 Å². The molecular formula is C27H29NO4S. The number of carbonyl (C=O) groups is 2. The van der Waals surface area contributed by atoms with E-state index in [0.717, 1.165) is 23.3 Å². The smallest absolute Gasteiger partial charge is 0.234 e. The molecule has 3 aliphatic rings. The van der Waals surface area contributed by atoms with Crippen LogP contribution in [-0.4, -0.2) is 34.5 Å². The van der Waals surface area contributed by atoms with Crippen LogP contribution in [0.3, 0.4) is 0 Å². The summed E-state index contributed by atoms with van der Waals surface area (Å²) in [4.78, 5) is 29.0. The minimum atomic E-state index is -0.293. The van der Waals surface area contributed by atoms with Gasteiger partial charge in [-0.2, -0.15) is 0 Å². The van der Waals surface area contributed by atoms with E-state index in [1.807, 2.05) is 41.8 Å². The number of fused-ring (bicyclic) bond motifs is 3. The van der Waals surface area contributed by atoms with Crippen LogP contribution in [0.2, 0.25) is 0 Å². The van der Waals surface area contributed by atoms with Crippen molar-refractivity contribution in [2.75, 3.05) is 6.61 Å². The molecule has 0 bridgehead atoms. The van der Waals surface area contributed by atoms with Crippen molar-refractivity contribution in [1.82, 2.24) is 4.90 Å². The van der Waals surface area contributed by atoms with E-state index in [1.54, 1.807) is 17.4 Å². The fraction of sp³-hybridized carbons (Fsp3) is 0.407. The lowest BCUT2D eigenvalue weighted by atomic mass is 9.70. The maximum absolute atomic E-state index is 13.3. The van der Waals surface area contributed by atoms with Crippen molar-refractivity contribution in [3.05, 3.63) is 68.9 Å². The van der Waals surface area contributed by atoms with Gasteiger partial charge in [0.1, 0.15) is 5.75 Å². The number of allylic oxidation sites excluding steroid dienone is 2. The second-order valence-electron chi connectivity index (χ2n) is 9.43. The molecule has 0 radical (unpaired) electrons. The lowest BCUT2D eigenvalue weighted by molar-refractivity contribution is -0.140. The van der Waals surface area contributed by atoms with Crippen LogP contribution in [0, 0.1) is 17.8 Å². The van der Waals surface area contributed by atoms with Gasteiger partial charge in [0.05, 0.1) is 31.1 Å². The molecule has 4 atom stereocenters. The second kappa shape index (κ2) is 8.92. The van der Waals surface area contributed by atoms with E-state index in [4.69, 9.17) is 4.74 Å². The third kappa shape index (κ3) is 4.06. The fourth-order valence-corrected chi connectivity index (χ4v) is 6.41. The summed E-state index contributed by atoms with van der Waals surface area (Å²) in [7, 11) is 0. The molecule has 0 spiro atoms. The second-order valence-corrected chi connectivity index (χ2v) is 10.5. The maximum atomic E-state index is 13.3. The minimum absolute atomic E-state index is 0.000916. The number of rotatable bonds is 6. The zero-order valence-corrected chi connectivity index (χ0v) is 19.8. The maximum Gasteiger partial charge on any atom is 0.234 e. The predicted octanol–water partition coefficient (Wildman–Crippen LogP) is 5.17. The summed E-state index contributed by atoms with van der Waals surface area (Å²) < 4.78 is 6.21. The lowest BCUT2D eigenvalue weighted by Gasteiger charge is -2.30. The van der Waals surface area contributed by atoms with E-state index in [9.17, 15) is 14.7 Å². The Morgan fingerprint density at radius 2 is 2.00 bits per heavy atom. The SMILES string of the molecule is CC1=C2[C@@H](CC/C(C)=C/c3ccccc3O)OC[C@@H]2[C@@H]2C(=O)N(Cc3cccs3)C(=O)[C@@H]2C1. The van der Waals surface area contributed by atoms with Crippen molar-refractivity contribution < 1.29 is 19.4 Å². The lowest BCUT2D eigenvalue weighted by Crippen LogP contribution is -2.34. The number of likely N-dealkylation sites (tertiary alicyclic amines) is 1. The highest BCUT2D eigenvalue weighted by Gasteiger charge is 2.56. The summed E-state index contributed by atoms with van der Waals surface area (Å²) in [6.45, 7) is 5.06. The Labute approximate surface area is 198 Å². The zero-order chi connectivity index (χ0) is 23.1. The van der Waals surface area contributed by atoms with Gasteiger partial charge in [0.15, 0.2) is 0 Å². The average Bonchev–Trinajstić information content (AvgIpc) is 3.51. The number of benzene rings is 1. The van der Waals surface area contributed by atoms with E-state index < -0.39 is 0 Å². The molecule has 172 valence electrons. The highest BCUT2D eigenvalue weighted by molar-refractivity contribution is 7.09. The van der Waals surface area contributed by atoms with Gasteiger partial charge in [-0.3, -0.25) is 14.5 Å². The molecule has 6 heteroatoms. The first-order valence-electron chi connectivity index (χ1n) is 11.6. The molecular weight excluding hydrogens is 434 g/mol. The Balaban J connectivity index is 1.30. The number of hydrogen-bond donors (Lipinski definition) is 1. The highest BCUT2D eigenvalue weighted by atomic mass is 32.1. The third-order valence-electron chi connectivity index (χ3n) is 7.28. The monoisotopic (exact) mass is 463 g/mol. The van der Waals surface area contributed by atoms with Crippen molar-refractivity contribution in [3.8, 4) is 5.75 Å². The molecule has 5 nitrogen and oxygen atoms in total. The number of phenolic OH excluding ortho intramolecular Hbond substituents is 1. The molecule has 1 N–H and O–H groups in total.